The van der Waals surface area contributed by atoms with Crippen molar-refractivity contribution in [1.82, 2.24) is 10.2 Å². The molecule has 0 aromatic carbocycles. The summed E-state index contributed by atoms with van der Waals surface area (Å²) in [5.74, 6) is 0.790. The molecule has 1 aliphatic heterocycles. The standard InChI is InChI=1S/C18H30N2O4S/c1-2-16(21)20-12-25-11-15(20)18(24)19-14(8-9-17(22)23)10-13-6-4-3-5-7-13/h13-15H,2-12H2,1H3,(H,19,24)(H,22,23). The van der Waals surface area contributed by atoms with Gasteiger partial charge in [-0.3, -0.25) is 14.4 Å². The second kappa shape index (κ2) is 10.0. The number of carboxylic acid groups (broad SMARTS) is 1. The third-order valence-electron chi connectivity index (χ3n) is 5.20. The summed E-state index contributed by atoms with van der Waals surface area (Å²) < 4.78 is 0. The molecule has 142 valence electrons. The summed E-state index contributed by atoms with van der Waals surface area (Å²) in [7, 11) is 0. The van der Waals surface area contributed by atoms with E-state index in [2.05, 4.69) is 5.32 Å². The molecule has 2 atom stereocenters. The number of carbonyl (C=O) groups excluding carboxylic acids is 2. The molecule has 2 unspecified atom stereocenters. The van der Waals surface area contributed by atoms with Crippen molar-refractivity contribution in [2.75, 3.05) is 11.6 Å². The van der Waals surface area contributed by atoms with Crippen LogP contribution in [0.15, 0.2) is 0 Å². The van der Waals surface area contributed by atoms with Gasteiger partial charge in [-0.05, 0) is 18.8 Å². The predicted octanol–water partition coefficient (Wildman–Crippen LogP) is 2.62. The fourth-order valence-corrected chi connectivity index (χ4v) is 4.96. The fourth-order valence-electron chi connectivity index (χ4n) is 3.78. The minimum Gasteiger partial charge on any atom is -0.481 e. The van der Waals surface area contributed by atoms with E-state index in [0.29, 0.717) is 30.4 Å². The monoisotopic (exact) mass is 370 g/mol. The Hall–Kier alpha value is -1.24. The lowest BCUT2D eigenvalue weighted by Gasteiger charge is -2.29. The largest absolute Gasteiger partial charge is 0.481 e. The van der Waals surface area contributed by atoms with Crippen LogP contribution < -0.4 is 5.32 Å². The van der Waals surface area contributed by atoms with E-state index in [1.807, 2.05) is 0 Å². The summed E-state index contributed by atoms with van der Waals surface area (Å²) in [4.78, 5) is 37.3. The molecule has 1 saturated heterocycles. The molecular weight excluding hydrogens is 340 g/mol. The van der Waals surface area contributed by atoms with Gasteiger partial charge in [0.1, 0.15) is 6.04 Å². The van der Waals surface area contributed by atoms with Crippen LogP contribution in [0.5, 0.6) is 0 Å². The zero-order valence-corrected chi connectivity index (χ0v) is 15.9. The maximum atomic E-state index is 12.7. The Bertz CT molecular complexity index is 480. The molecule has 1 aliphatic carbocycles. The van der Waals surface area contributed by atoms with E-state index in [0.717, 1.165) is 6.42 Å². The average Bonchev–Trinajstić information content (AvgIpc) is 3.09. The summed E-state index contributed by atoms with van der Waals surface area (Å²) in [6.45, 7) is 1.80. The molecule has 0 spiro atoms. The van der Waals surface area contributed by atoms with Gasteiger partial charge in [0.05, 0.1) is 5.88 Å². The molecule has 7 heteroatoms. The van der Waals surface area contributed by atoms with Gasteiger partial charge in [-0.2, -0.15) is 0 Å². The zero-order valence-electron chi connectivity index (χ0n) is 15.0. The van der Waals surface area contributed by atoms with Crippen molar-refractivity contribution in [1.29, 1.82) is 0 Å². The van der Waals surface area contributed by atoms with Gasteiger partial charge in [0.2, 0.25) is 11.8 Å². The molecule has 0 radical (unpaired) electrons. The van der Waals surface area contributed by atoms with Crippen molar-refractivity contribution in [2.24, 2.45) is 5.92 Å². The molecule has 6 nitrogen and oxygen atoms in total. The smallest absolute Gasteiger partial charge is 0.303 e. The zero-order chi connectivity index (χ0) is 18.2. The van der Waals surface area contributed by atoms with E-state index in [-0.39, 0.29) is 24.3 Å². The maximum absolute atomic E-state index is 12.7. The number of nitrogens with zero attached hydrogens (tertiary/aromatic N) is 1. The summed E-state index contributed by atoms with van der Waals surface area (Å²) in [6, 6.07) is -0.535. The van der Waals surface area contributed by atoms with Gasteiger partial charge in [0.15, 0.2) is 0 Å². The Morgan fingerprint density at radius 3 is 2.60 bits per heavy atom. The van der Waals surface area contributed by atoms with Gasteiger partial charge in [-0.1, -0.05) is 39.0 Å². The SMILES string of the molecule is CCC(=O)N1CSCC1C(=O)NC(CCC(=O)O)CC1CCCCC1. The molecule has 0 aromatic rings. The normalized spacial score (nSPS) is 22.6. The first kappa shape index (κ1) is 20.1. The van der Waals surface area contributed by atoms with Gasteiger partial charge < -0.3 is 15.3 Å². The highest BCUT2D eigenvalue weighted by Gasteiger charge is 2.35. The molecule has 1 heterocycles. The minimum atomic E-state index is -0.831. The first-order valence-electron chi connectivity index (χ1n) is 9.40. The van der Waals surface area contributed by atoms with Crippen LogP contribution in [0.3, 0.4) is 0 Å². The van der Waals surface area contributed by atoms with Crippen molar-refractivity contribution in [3.63, 3.8) is 0 Å². The summed E-state index contributed by atoms with van der Waals surface area (Å²) >= 11 is 1.59. The number of aliphatic carboxylic acids is 1. The van der Waals surface area contributed by atoms with Crippen LogP contribution in [0.2, 0.25) is 0 Å². The number of amides is 2. The molecule has 0 bridgehead atoms. The minimum absolute atomic E-state index is 0.000448. The van der Waals surface area contributed by atoms with Gasteiger partial charge in [0.25, 0.3) is 0 Å². The van der Waals surface area contributed by atoms with Crippen LogP contribution in [-0.4, -0.2) is 51.5 Å². The predicted molar refractivity (Wildman–Crippen MR) is 98.2 cm³/mol. The number of hydrogen-bond acceptors (Lipinski definition) is 4. The highest BCUT2D eigenvalue weighted by Crippen LogP contribution is 2.29. The Labute approximate surface area is 154 Å². The van der Waals surface area contributed by atoms with Crippen LogP contribution >= 0.6 is 11.8 Å². The van der Waals surface area contributed by atoms with Gasteiger partial charge >= 0.3 is 5.97 Å². The lowest BCUT2D eigenvalue weighted by molar-refractivity contribution is -0.138. The molecule has 25 heavy (non-hydrogen) atoms. The Kier molecular flexibility index (Phi) is 8.06. The van der Waals surface area contributed by atoms with Crippen molar-refractivity contribution in [3.05, 3.63) is 0 Å². The second-order valence-corrected chi connectivity index (χ2v) is 8.11. The Morgan fingerprint density at radius 2 is 1.96 bits per heavy atom. The first-order chi connectivity index (χ1) is 12.0. The van der Waals surface area contributed by atoms with E-state index >= 15 is 0 Å². The molecule has 2 amide bonds. The number of carboxylic acids is 1. The lowest BCUT2D eigenvalue weighted by atomic mass is 9.84. The van der Waals surface area contributed by atoms with Crippen LogP contribution in [-0.2, 0) is 14.4 Å². The van der Waals surface area contributed by atoms with E-state index in [9.17, 15) is 14.4 Å². The van der Waals surface area contributed by atoms with Crippen molar-refractivity contribution < 1.29 is 19.5 Å². The Balaban J connectivity index is 1.94. The van der Waals surface area contributed by atoms with E-state index in [1.54, 1.807) is 23.6 Å². The van der Waals surface area contributed by atoms with Crippen LogP contribution in [0.1, 0.15) is 64.7 Å². The third kappa shape index (κ3) is 6.20. The number of rotatable bonds is 8. The van der Waals surface area contributed by atoms with E-state index in [1.165, 1.54) is 32.1 Å². The molecule has 1 saturated carbocycles. The van der Waals surface area contributed by atoms with Crippen LogP contribution in [0, 0.1) is 5.92 Å². The summed E-state index contributed by atoms with van der Waals surface area (Å²) in [6.07, 6.45) is 7.82. The number of nitrogens with one attached hydrogen (secondary N) is 1. The number of carbonyl (C=O) groups is 3. The highest BCUT2D eigenvalue weighted by atomic mass is 32.2. The van der Waals surface area contributed by atoms with Gasteiger partial charge in [0, 0.05) is 24.6 Å². The quantitative estimate of drug-likeness (QED) is 0.686. The van der Waals surface area contributed by atoms with Crippen molar-refractivity contribution in [3.8, 4) is 0 Å². The molecule has 0 aromatic heterocycles. The van der Waals surface area contributed by atoms with E-state index in [4.69, 9.17) is 5.11 Å². The molecule has 2 rings (SSSR count). The molecule has 2 aliphatic rings. The summed E-state index contributed by atoms with van der Waals surface area (Å²) in [5.41, 5.74) is 0. The third-order valence-corrected chi connectivity index (χ3v) is 6.22. The lowest BCUT2D eigenvalue weighted by Crippen LogP contribution is -2.50. The van der Waals surface area contributed by atoms with Gasteiger partial charge in [-0.15, -0.1) is 11.8 Å². The highest BCUT2D eigenvalue weighted by molar-refractivity contribution is 7.99. The Morgan fingerprint density at radius 1 is 1.24 bits per heavy atom. The average molecular weight is 371 g/mol. The topological polar surface area (TPSA) is 86.7 Å². The van der Waals surface area contributed by atoms with Crippen LogP contribution in [0.4, 0.5) is 0 Å². The number of hydrogen-bond donors (Lipinski definition) is 2. The van der Waals surface area contributed by atoms with Gasteiger partial charge in [-0.25, -0.2) is 0 Å². The molecular formula is C18H30N2O4S. The van der Waals surface area contributed by atoms with E-state index < -0.39 is 12.0 Å². The molecule has 2 fully saturated rings. The van der Waals surface area contributed by atoms with Crippen molar-refractivity contribution >= 4 is 29.5 Å². The first-order valence-corrected chi connectivity index (χ1v) is 10.6. The maximum Gasteiger partial charge on any atom is 0.303 e. The number of thioether (sulfide) groups is 1. The summed E-state index contributed by atoms with van der Waals surface area (Å²) in [5, 5.41) is 12.1. The molecule has 2 N–H and O–H groups in total. The van der Waals surface area contributed by atoms with Crippen molar-refractivity contribution in [2.45, 2.75) is 76.8 Å². The van der Waals surface area contributed by atoms with Crippen LogP contribution in [0.25, 0.3) is 0 Å². The fraction of sp³-hybridized carbons (Fsp3) is 0.833. The second-order valence-electron chi connectivity index (χ2n) is 7.11.